The van der Waals surface area contributed by atoms with Gasteiger partial charge in [0.2, 0.25) is 0 Å². The normalized spacial score (nSPS) is 19.4. The topological polar surface area (TPSA) is 34.2 Å². The van der Waals surface area contributed by atoms with Crippen molar-refractivity contribution in [3.63, 3.8) is 0 Å². The van der Waals surface area contributed by atoms with Gasteiger partial charge in [0.25, 0.3) is 0 Å². The number of nitrogens with zero attached hydrogens (tertiary/aromatic N) is 1. The first-order chi connectivity index (χ1) is 9.81. The number of pyridine rings is 1. The Kier molecular flexibility index (Phi) is 3.76. The molecule has 0 saturated carbocycles. The number of hydrogen-bond donors (Lipinski definition) is 1. The molecular weight excluding hydrogens is 255 g/mol. The van der Waals surface area contributed by atoms with E-state index < -0.39 is 0 Å². The second-order valence-electron chi connectivity index (χ2n) is 4.90. The molecule has 1 N–H and O–H groups in total. The summed E-state index contributed by atoms with van der Waals surface area (Å²) in [5, 5.41) is 3.18. The Bertz CT molecular complexity index is 603. The van der Waals surface area contributed by atoms with Crippen molar-refractivity contribution in [2.24, 2.45) is 0 Å². The smallest absolute Gasteiger partial charge is 0.146 e. The maximum atomic E-state index is 14.0. The number of ether oxygens (including phenoxy) is 1. The zero-order valence-corrected chi connectivity index (χ0v) is 11.3. The third-order valence-corrected chi connectivity index (χ3v) is 3.78. The van der Waals surface area contributed by atoms with E-state index in [0.717, 1.165) is 12.0 Å². The molecule has 0 bridgehead atoms. The number of likely N-dealkylation sites (N-methyl/N-ethyl adjacent to an activating group) is 1. The molecule has 2 heterocycles. The molecule has 4 heteroatoms. The van der Waals surface area contributed by atoms with Crippen LogP contribution < -0.4 is 5.32 Å². The van der Waals surface area contributed by atoms with Crippen LogP contribution >= 0.6 is 0 Å². The van der Waals surface area contributed by atoms with Gasteiger partial charge in [0.05, 0.1) is 18.8 Å². The van der Waals surface area contributed by atoms with E-state index in [0.29, 0.717) is 12.2 Å². The summed E-state index contributed by atoms with van der Waals surface area (Å²) < 4.78 is 19.9. The second kappa shape index (κ2) is 5.69. The van der Waals surface area contributed by atoms with Gasteiger partial charge < -0.3 is 10.1 Å². The Morgan fingerprint density at radius 1 is 1.35 bits per heavy atom. The van der Waals surface area contributed by atoms with Crippen molar-refractivity contribution >= 4 is 0 Å². The summed E-state index contributed by atoms with van der Waals surface area (Å²) in [5.41, 5.74) is 3.00. The van der Waals surface area contributed by atoms with Crippen LogP contribution in [0, 0.1) is 5.82 Å². The average Bonchev–Trinajstić information content (AvgIpc) is 2.50. The Morgan fingerprint density at radius 2 is 2.20 bits per heavy atom. The van der Waals surface area contributed by atoms with Crippen LogP contribution in [-0.2, 0) is 11.2 Å². The highest BCUT2D eigenvalue weighted by Gasteiger charge is 2.30. The summed E-state index contributed by atoms with van der Waals surface area (Å²) in [6.07, 6.45) is 3.58. The molecule has 0 fully saturated rings. The van der Waals surface area contributed by atoms with E-state index in [-0.39, 0.29) is 18.0 Å². The van der Waals surface area contributed by atoms with Gasteiger partial charge in [-0.05, 0) is 30.7 Å². The minimum atomic E-state index is -0.307. The highest BCUT2D eigenvalue weighted by Crippen LogP contribution is 2.37. The minimum absolute atomic E-state index is 0.179. The Labute approximate surface area is 117 Å². The molecule has 3 rings (SSSR count). The fourth-order valence-corrected chi connectivity index (χ4v) is 2.81. The van der Waals surface area contributed by atoms with Gasteiger partial charge in [-0.2, -0.15) is 0 Å². The number of benzene rings is 1. The largest absolute Gasteiger partial charge is 0.371 e. The molecule has 20 heavy (non-hydrogen) atoms. The fraction of sp³-hybridized carbons (Fsp3) is 0.312. The van der Waals surface area contributed by atoms with Gasteiger partial charge in [-0.1, -0.05) is 24.3 Å². The van der Waals surface area contributed by atoms with E-state index in [1.807, 2.05) is 19.2 Å². The second-order valence-corrected chi connectivity index (χ2v) is 4.90. The van der Waals surface area contributed by atoms with Crippen molar-refractivity contribution in [1.82, 2.24) is 10.3 Å². The van der Waals surface area contributed by atoms with Crippen LogP contribution in [0.25, 0.3) is 0 Å². The number of hydrogen-bond acceptors (Lipinski definition) is 3. The van der Waals surface area contributed by atoms with Crippen molar-refractivity contribution in [3.05, 3.63) is 65.2 Å². The number of nitrogens with one attached hydrogen (secondary N) is 1. The predicted octanol–water partition coefficient (Wildman–Crippen LogP) is 2.80. The van der Waals surface area contributed by atoms with Crippen molar-refractivity contribution in [2.45, 2.75) is 18.6 Å². The first kappa shape index (κ1) is 13.2. The third kappa shape index (κ3) is 2.32. The summed E-state index contributed by atoms with van der Waals surface area (Å²) in [7, 11) is 1.82. The van der Waals surface area contributed by atoms with E-state index >= 15 is 0 Å². The van der Waals surface area contributed by atoms with Crippen molar-refractivity contribution in [3.8, 4) is 0 Å². The van der Waals surface area contributed by atoms with Gasteiger partial charge in [0.1, 0.15) is 11.9 Å². The van der Waals surface area contributed by atoms with Crippen LogP contribution in [0.1, 0.15) is 28.8 Å². The van der Waals surface area contributed by atoms with E-state index in [1.54, 1.807) is 12.3 Å². The molecule has 0 radical (unpaired) electrons. The van der Waals surface area contributed by atoms with Gasteiger partial charge in [0, 0.05) is 11.8 Å². The van der Waals surface area contributed by atoms with Crippen LogP contribution in [0.3, 0.4) is 0 Å². The summed E-state index contributed by atoms with van der Waals surface area (Å²) in [6.45, 7) is 0.659. The SMILES string of the molecule is CNC(c1ccncc1F)C1OCCc2ccccc21. The molecule has 3 nitrogen and oxygen atoms in total. The number of rotatable bonds is 3. The molecular formula is C16H17FN2O. The van der Waals surface area contributed by atoms with Gasteiger partial charge in [-0.15, -0.1) is 0 Å². The highest BCUT2D eigenvalue weighted by atomic mass is 19.1. The number of aromatic nitrogens is 1. The molecule has 0 spiro atoms. The molecule has 2 aromatic rings. The molecule has 1 aromatic heterocycles. The molecule has 0 amide bonds. The quantitative estimate of drug-likeness (QED) is 0.933. The first-order valence-electron chi connectivity index (χ1n) is 6.77. The van der Waals surface area contributed by atoms with E-state index in [1.165, 1.54) is 11.8 Å². The molecule has 104 valence electrons. The van der Waals surface area contributed by atoms with Crippen molar-refractivity contribution in [1.29, 1.82) is 0 Å². The number of fused-ring (bicyclic) bond motifs is 1. The van der Waals surface area contributed by atoms with Crippen LogP contribution in [0.2, 0.25) is 0 Å². The van der Waals surface area contributed by atoms with Gasteiger partial charge in [-0.25, -0.2) is 4.39 Å². The molecule has 1 aliphatic rings. The predicted molar refractivity (Wildman–Crippen MR) is 74.8 cm³/mol. The minimum Gasteiger partial charge on any atom is -0.371 e. The maximum absolute atomic E-state index is 14.0. The molecule has 1 aliphatic heterocycles. The maximum Gasteiger partial charge on any atom is 0.146 e. The lowest BCUT2D eigenvalue weighted by molar-refractivity contribution is 0.0157. The Hall–Kier alpha value is -1.78. The number of halogens is 1. The lowest BCUT2D eigenvalue weighted by atomic mass is 9.90. The third-order valence-electron chi connectivity index (χ3n) is 3.78. The zero-order chi connectivity index (χ0) is 13.9. The summed E-state index contributed by atoms with van der Waals surface area (Å²) in [6, 6.07) is 9.68. The monoisotopic (exact) mass is 272 g/mol. The summed E-state index contributed by atoms with van der Waals surface area (Å²) >= 11 is 0. The lowest BCUT2D eigenvalue weighted by Crippen LogP contribution is -2.30. The van der Waals surface area contributed by atoms with Crippen molar-refractivity contribution < 1.29 is 9.13 Å². The van der Waals surface area contributed by atoms with E-state index in [9.17, 15) is 4.39 Å². The van der Waals surface area contributed by atoms with Crippen molar-refractivity contribution in [2.75, 3.05) is 13.7 Å². The van der Waals surface area contributed by atoms with Gasteiger partial charge in [-0.3, -0.25) is 4.98 Å². The zero-order valence-electron chi connectivity index (χ0n) is 11.3. The van der Waals surface area contributed by atoms with Crippen LogP contribution in [0.5, 0.6) is 0 Å². The van der Waals surface area contributed by atoms with Gasteiger partial charge in [0.15, 0.2) is 0 Å². The van der Waals surface area contributed by atoms with E-state index in [4.69, 9.17) is 4.74 Å². The average molecular weight is 272 g/mol. The summed E-state index contributed by atoms with van der Waals surface area (Å²) in [5.74, 6) is -0.307. The van der Waals surface area contributed by atoms with Crippen LogP contribution in [-0.4, -0.2) is 18.6 Å². The Morgan fingerprint density at radius 3 is 3.00 bits per heavy atom. The molecule has 0 aliphatic carbocycles. The first-order valence-corrected chi connectivity index (χ1v) is 6.77. The van der Waals surface area contributed by atoms with Gasteiger partial charge >= 0.3 is 0 Å². The Balaban J connectivity index is 2.01. The molecule has 0 saturated heterocycles. The fourth-order valence-electron chi connectivity index (χ4n) is 2.81. The summed E-state index contributed by atoms with van der Waals surface area (Å²) in [4.78, 5) is 3.81. The standard InChI is InChI=1S/C16H17FN2O/c1-18-15(13-6-8-19-10-14(13)17)16-12-5-3-2-4-11(12)7-9-20-16/h2-6,8,10,15-16,18H,7,9H2,1H3. The van der Waals surface area contributed by atoms with E-state index in [2.05, 4.69) is 22.4 Å². The molecule has 2 unspecified atom stereocenters. The molecule has 1 aromatic carbocycles. The lowest BCUT2D eigenvalue weighted by Gasteiger charge is -2.32. The van der Waals surface area contributed by atoms with Crippen LogP contribution in [0.4, 0.5) is 4.39 Å². The highest BCUT2D eigenvalue weighted by molar-refractivity contribution is 5.34. The van der Waals surface area contributed by atoms with Crippen LogP contribution in [0.15, 0.2) is 42.7 Å². The molecule has 2 atom stereocenters.